The molecule has 0 spiro atoms. The molecule has 0 saturated heterocycles. The molecule has 2 aliphatic rings. The average Bonchev–Trinajstić information content (AvgIpc) is 2.40. The molecule has 0 fully saturated rings. The number of aliphatic hydroxyl groups excluding tert-OH is 1. The van der Waals surface area contributed by atoms with Crippen LogP contribution in [0.3, 0.4) is 0 Å². The predicted molar refractivity (Wildman–Crippen MR) is 77.4 cm³/mol. The lowest BCUT2D eigenvalue weighted by molar-refractivity contribution is 0.0935. The molecule has 1 aliphatic carbocycles. The molecule has 0 amide bonds. The van der Waals surface area contributed by atoms with E-state index in [2.05, 4.69) is 15.9 Å². The number of carbonyl (C=O) groups excluding carboxylic acids is 2. The molecular weight excluding hydrogens is 324 g/mol. The molecule has 0 saturated carbocycles. The lowest BCUT2D eigenvalue weighted by Crippen LogP contribution is -2.29. The fourth-order valence-corrected chi connectivity index (χ4v) is 2.73. The first-order valence-corrected chi connectivity index (χ1v) is 6.84. The molecule has 1 heterocycles. The number of ether oxygens (including phenoxy) is 1. The van der Waals surface area contributed by atoms with Gasteiger partial charge in [-0.15, -0.1) is 0 Å². The van der Waals surface area contributed by atoms with Crippen molar-refractivity contribution in [2.45, 2.75) is 19.4 Å². The Morgan fingerprint density at radius 1 is 1.20 bits per heavy atom. The number of aliphatic hydroxyl groups is 1. The monoisotopic (exact) mass is 334 g/mol. The predicted octanol–water partition coefficient (Wildman–Crippen LogP) is 3.41. The molecule has 0 bridgehead atoms. The Kier molecular flexibility index (Phi) is 2.66. The van der Waals surface area contributed by atoms with Crippen LogP contribution in [0, 0.1) is 0 Å². The van der Waals surface area contributed by atoms with Crippen LogP contribution in [0.5, 0.6) is 5.75 Å². The maximum Gasteiger partial charge on any atom is 0.230 e. The number of allylic oxidation sites excluding steroid dienone is 2. The van der Waals surface area contributed by atoms with E-state index in [-0.39, 0.29) is 15.6 Å². The third kappa shape index (κ3) is 1.73. The zero-order valence-electron chi connectivity index (χ0n) is 10.9. The van der Waals surface area contributed by atoms with E-state index in [1.165, 1.54) is 0 Å². The maximum atomic E-state index is 12.2. The highest BCUT2D eigenvalue weighted by Crippen LogP contribution is 2.39. The topological polar surface area (TPSA) is 63.6 Å². The van der Waals surface area contributed by atoms with Crippen molar-refractivity contribution in [1.29, 1.82) is 0 Å². The van der Waals surface area contributed by atoms with Crippen LogP contribution in [-0.2, 0) is 0 Å². The lowest BCUT2D eigenvalue weighted by Gasteiger charge is -2.29. The van der Waals surface area contributed by atoms with Crippen molar-refractivity contribution in [3.63, 3.8) is 0 Å². The van der Waals surface area contributed by atoms with Crippen LogP contribution in [0.2, 0.25) is 0 Å². The SMILES string of the molecule is CC1(C)C=Cc2c(ccc3c2C(=O)C(O)=C(Br)C3=O)O1. The highest BCUT2D eigenvalue weighted by Gasteiger charge is 2.35. The van der Waals surface area contributed by atoms with Crippen molar-refractivity contribution in [2.24, 2.45) is 0 Å². The minimum atomic E-state index is -0.573. The zero-order chi connectivity index (χ0) is 14.7. The molecular formula is C15H11BrO4. The fourth-order valence-electron chi connectivity index (χ4n) is 2.33. The lowest BCUT2D eigenvalue weighted by atomic mass is 9.87. The van der Waals surface area contributed by atoms with Crippen LogP contribution in [-0.4, -0.2) is 22.3 Å². The smallest absolute Gasteiger partial charge is 0.230 e. The molecule has 0 atom stereocenters. The number of benzene rings is 1. The summed E-state index contributed by atoms with van der Waals surface area (Å²) in [7, 11) is 0. The number of ketones is 2. The van der Waals surface area contributed by atoms with Crippen LogP contribution in [0.15, 0.2) is 28.5 Å². The summed E-state index contributed by atoms with van der Waals surface area (Å²) < 4.78 is 5.67. The Labute approximate surface area is 123 Å². The number of halogens is 1. The number of carbonyl (C=O) groups is 2. The average molecular weight is 335 g/mol. The molecule has 1 aromatic carbocycles. The molecule has 20 heavy (non-hydrogen) atoms. The van der Waals surface area contributed by atoms with Gasteiger partial charge < -0.3 is 9.84 Å². The quantitative estimate of drug-likeness (QED) is 0.789. The van der Waals surface area contributed by atoms with E-state index in [1.54, 1.807) is 18.2 Å². The standard InChI is InChI=1S/C15H11BrO4/c1-15(2)6-5-7-9(20-15)4-3-8-10(7)13(18)14(19)11(16)12(8)17/h3-6,19H,1-2H3. The van der Waals surface area contributed by atoms with E-state index in [4.69, 9.17) is 4.74 Å². The summed E-state index contributed by atoms with van der Waals surface area (Å²) in [4.78, 5) is 24.3. The minimum Gasteiger partial charge on any atom is -0.503 e. The second kappa shape index (κ2) is 4.06. The first-order chi connectivity index (χ1) is 9.32. The Morgan fingerprint density at radius 3 is 2.60 bits per heavy atom. The third-order valence-electron chi connectivity index (χ3n) is 3.32. The second-order valence-electron chi connectivity index (χ2n) is 5.26. The van der Waals surface area contributed by atoms with E-state index < -0.39 is 22.9 Å². The summed E-state index contributed by atoms with van der Waals surface area (Å²) in [5, 5.41) is 9.77. The number of hydrogen-bond donors (Lipinski definition) is 1. The van der Waals surface area contributed by atoms with Crippen molar-refractivity contribution in [2.75, 3.05) is 0 Å². The van der Waals surface area contributed by atoms with Gasteiger partial charge in [-0.25, -0.2) is 0 Å². The van der Waals surface area contributed by atoms with Crippen LogP contribution >= 0.6 is 15.9 Å². The van der Waals surface area contributed by atoms with Gasteiger partial charge in [-0.1, -0.05) is 6.08 Å². The van der Waals surface area contributed by atoms with Crippen molar-refractivity contribution in [3.05, 3.63) is 45.1 Å². The van der Waals surface area contributed by atoms with Gasteiger partial charge in [0.1, 0.15) is 15.8 Å². The summed E-state index contributed by atoms with van der Waals surface area (Å²) >= 11 is 2.95. The van der Waals surface area contributed by atoms with Gasteiger partial charge >= 0.3 is 0 Å². The molecule has 102 valence electrons. The summed E-state index contributed by atoms with van der Waals surface area (Å²) in [6.07, 6.45) is 3.58. The molecule has 4 nitrogen and oxygen atoms in total. The van der Waals surface area contributed by atoms with Crippen molar-refractivity contribution in [1.82, 2.24) is 0 Å². The Balaban J connectivity index is 2.28. The molecule has 0 unspecified atom stereocenters. The molecule has 5 heteroatoms. The van der Waals surface area contributed by atoms with E-state index in [0.29, 0.717) is 11.3 Å². The number of Topliss-reactive ketones (excluding diaryl/α,β-unsaturated/α-hetero) is 2. The van der Waals surface area contributed by atoms with Crippen LogP contribution in [0.1, 0.15) is 40.1 Å². The summed E-state index contributed by atoms with van der Waals surface area (Å²) in [5.74, 6) is -1.01. The zero-order valence-corrected chi connectivity index (χ0v) is 12.4. The first kappa shape index (κ1) is 13.1. The normalized spacial score (nSPS) is 19.6. The van der Waals surface area contributed by atoms with E-state index in [1.807, 2.05) is 19.9 Å². The summed E-state index contributed by atoms with van der Waals surface area (Å²) in [6.45, 7) is 3.79. The molecule has 1 aromatic rings. The van der Waals surface area contributed by atoms with Crippen LogP contribution in [0.4, 0.5) is 0 Å². The fraction of sp³-hybridized carbons (Fsp3) is 0.200. The Hall–Kier alpha value is -1.88. The number of fused-ring (bicyclic) bond motifs is 3. The highest BCUT2D eigenvalue weighted by molar-refractivity contribution is 9.12. The van der Waals surface area contributed by atoms with Crippen LogP contribution < -0.4 is 4.74 Å². The number of hydrogen-bond acceptors (Lipinski definition) is 4. The van der Waals surface area contributed by atoms with Gasteiger partial charge in [0.15, 0.2) is 5.76 Å². The minimum absolute atomic E-state index is 0.101. The summed E-state index contributed by atoms with van der Waals surface area (Å²) in [5.41, 5.74) is 0.527. The van der Waals surface area contributed by atoms with Crippen LogP contribution in [0.25, 0.3) is 6.08 Å². The van der Waals surface area contributed by atoms with Gasteiger partial charge in [0, 0.05) is 16.7 Å². The highest BCUT2D eigenvalue weighted by atomic mass is 79.9. The van der Waals surface area contributed by atoms with E-state index in [9.17, 15) is 14.7 Å². The molecule has 1 N–H and O–H groups in total. The van der Waals surface area contributed by atoms with E-state index in [0.717, 1.165) is 0 Å². The maximum absolute atomic E-state index is 12.2. The summed E-state index contributed by atoms with van der Waals surface area (Å²) in [6, 6.07) is 3.23. The van der Waals surface area contributed by atoms with Gasteiger partial charge in [0.25, 0.3) is 0 Å². The molecule has 1 aliphatic heterocycles. The van der Waals surface area contributed by atoms with Gasteiger partial charge in [-0.2, -0.15) is 0 Å². The van der Waals surface area contributed by atoms with Gasteiger partial charge in [0.2, 0.25) is 11.6 Å². The molecule has 0 radical (unpaired) electrons. The van der Waals surface area contributed by atoms with E-state index >= 15 is 0 Å². The Bertz CT molecular complexity index is 726. The number of rotatable bonds is 0. The largest absolute Gasteiger partial charge is 0.503 e. The Morgan fingerprint density at radius 2 is 1.90 bits per heavy atom. The van der Waals surface area contributed by atoms with Gasteiger partial charge in [-0.3, -0.25) is 9.59 Å². The molecule has 0 aromatic heterocycles. The van der Waals surface area contributed by atoms with Crippen molar-refractivity contribution < 1.29 is 19.4 Å². The van der Waals surface area contributed by atoms with Crippen molar-refractivity contribution in [3.8, 4) is 5.75 Å². The first-order valence-electron chi connectivity index (χ1n) is 6.05. The third-order valence-corrected chi connectivity index (χ3v) is 4.06. The van der Waals surface area contributed by atoms with Gasteiger partial charge in [0.05, 0.1) is 0 Å². The molecule has 3 rings (SSSR count). The van der Waals surface area contributed by atoms with Crippen molar-refractivity contribution >= 4 is 33.6 Å². The van der Waals surface area contributed by atoms with Gasteiger partial charge in [-0.05, 0) is 48.0 Å². The second-order valence-corrected chi connectivity index (χ2v) is 6.05.